The Hall–Kier alpha value is -1.38. The van der Waals surface area contributed by atoms with Crippen molar-refractivity contribution >= 4 is 16.1 Å². The Bertz CT molecular complexity index is 1070. The molecule has 0 aromatic carbocycles. The molecule has 8 atom stereocenters. The average molecular weight is 607 g/mol. The van der Waals surface area contributed by atoms with Crippen LogP contribution in [0.25, 0.3) is 0 Å². The van der Waals surface area contributed by atoms with E-state index in [1.54, 1.807) is 0 Å². The highest BCUT2D eigenvalue weighted by molar-refractivity contribution is 7.92. The van der Waals surface area contributed by atoms with Crippen LogP contribution in [0.4, 0.5) is 4.79 Å². The summed E-state index contributed by atoms with van der Waals surface area (Å²) in [6.07, 6.45) is 15.8. The summed E-state index contributed by atoms with van der Waals surface area (Å²) in [6, 6.07) is 0. The van der Waals surface area contributed by atoms with Crippen LogP contribution in [0.5, 0.6) is 0 Å². The van der Waals surface area contributed by atoms with Gasteiger partial charge >= 0.3 is 6.09 Å². The van der Waals surface area contributed by atoms with E-state index in [-0.39, 0.29) is 24.7 Å². The quantitative estimate of drug-likeness (QED) is 0.161. The normalized spacial score (nSPS) is 35.0. The first-order valence-corrected chi connectivity index (χ1v) is 18.3. The zero-order chi connectivity index (χ0) is 30.5. The van der Waals surface area contributed by atoms with E-state index < -0.39 is 16.1 Å². The molecule has 0 aromatic heterocycles. The van der Waals surface area contributed by atoms with Crippen molar-refractivity contribution < 1.29 is 22.7 Å². The van der Waals surface area contributed by atoms with Crippen LogP contribution in [-0.4, -0.2) is 46.9 Å². The Morgan fingerprint density at radius 1 is 1.07 bits per heavy atom. The Labute approximate surface area is 256 Å². The van der Waals surface area contributed by atoms with Crippen molar-refractivity contribution in [1.82, 2.24) is 10.0 Å². The molecule has 42 heavy (non-hydrogen) atoms. The minimum absolute atomic E-state index is 0.0773. The number of alkyl carbamates (subject to hydrolysis) is 1. The number of rotatable bonds is 14. The summed E-state index contributed by atoms with van der Waals surface area (Å²) >= 11 is 0. The van der Waals surface area contributed by atoms with Gasteiger partial charge in [-0.1, -0.05) is 72.1 Å². The minimum atomic E-state index is -3.44. The lowest BCUT2D eigenvalue weighted by Crippen LogP contribution is -2.51. The number of hydrogen-bond acceptors (Lipinski definition) is 5. The highest BCUT2D eigenvalue weighted by Crippen LogP contribution is 2.67. The van der Waals surface area contributed by atoms with E-state index in [1.165, 1.54) is 56.9 Å². The van der Waals surface area contributed by atoms with Crippen molar-refractivity contribution in [3.8, 4) is 0 Å². The highest BCUT2D eigenvalue weighted by atomic mass is 32.2. The fraction of sp³-hybridized carbons (Fsp3) is 0.853. The predicted molar refractivity (Wildman–Crippen MR) is 169 cm³/mol. The van der Waals surface area contributed by atoms with Gasteiger partial charge in [0.25, 0.3) is 0 Å². The Kier molecular flexibility index (Phi) is 11.3. The molecule has 0 heterocycles. The fourth-order valence-electron chi connectivity index (χ4n) is 9.59. The van der Waals surface area contributed by atoms with E-state index in [0.29, 0.717) is 18.6 Å². The first-order chi connectivity index (χ1) is 19.9. The molecule has 0 radical (unpaired) electrons. The summed E-state index contributed by atoms with van der Waals surface area (Å²) in [5, 5.41) is 3.64. The number of fused-ring (bicyclic) bond motifs is 5. The largest absolute Gasteiger partial charge is 0.446 e. The van der Waals surface area contributed by atoms with Crippen LogP contribution in [0.2, 0.25) is 0 Å². The van der Waals surface area contributed by atoms with Crippen molar-refractivity contribution in [1.29, 1.82) is 0 Å². The summed E-state index contributed by atoms with van der Waals surface area (Å²) in [7, 11) is -3.44. The number of amides is 1. The smallest absolute Gasteiger partial charge is 0.407 e. The topological polar surface area (TPSA) is 93.7 Å². The Morgan fingerprint density at radius 3 is 2.57 bits per heavy atom. The Balaban J connectivity index is 1.24. The number of ether oxygens (including phenoxy) is 2. The second kappa shape index (κ2) is 14.2. The standard InChI is InChI=1S/C34H58N2O5S/c1-7-42(38,39)36-20-22-40-21-19-35-32(37)41-27-15-17-33(5)26(23-27)11-12-28-30-14-13-29(25(4)10-8-9-24(2)3)34(30,6)18-16-31(28)33/h7,11,24-25,27-31,36H,1,8-10,12-23H2,2-6H3,(H,35,37)/t25-,27+,28+,29-,30+,31+,33+,34-/m1/s1. The van der Waals surface area contributed by atoms with Gasteiger partial charge in [-0.3, -0.25) is 0 Å². The van der Waals surface area contributed by atoms with Gasteiger partial charge in [-0.15, -0.1) is 0 Å². The first-order valence-electron chi connectivity index (χ1n) is 16.7. The SMILES string of the molecule is C=CS(=O)(=O)NCCOCCNC(=O)O[C@H]1CC[C@@]2(C)C(=CC[C@H]3[C@@H]4CC[C@H]([C@H](C)CCCC(C)C)[C@@]4(C)CC[C@@H]32)C1. The molecule has 4 rings (SSSR count). The second-order valence-electron chi connectivity index (χ2n) is 14.7. The van der Waals surface area contributed by atoms with E-state index in [4.69, 9.17) is 9.47 Å². The third kappa shape index (κ3) is 7.63. The van der Waals surface area contributed by atoms with Crippen LogP contribution < -0.4 is 10.0 Å². The lowest BCUT2D eigenvalue weighted by Gasteiger charge is -2.58. The van der Waals surface area contributed by atoms with Crippen molar-refractivity contribution in [2.24, 2.45) is 46.3 Å². The monoisotopic (exact) mass is 606 g/mol. The van der Waals surface area contributed by atoms with E-state index in [1.807, 2.05) is 0 Å². The van der Waals surface area contributed by atoms with Crippen LogP contribution in [0.1, 0.15) is 105 Å². The molecule has 7 nitrogen and oxygen atoms in total. The number of carbonyl (C=O) groups excluding carboxylic acids is 1. The molecule has 0 bridgehead atoms. The van der Waals surface area contributed by atoms with Crippen LogP contribution in [0.3, 0.4) is 0 Å². The maximum absolute atomic E-state index is 12.5. The average Bonchev–Trinajstić information content (AvgIpc) is 3.29. The van der Waals surface area contributed by atoms with Crippen molar-refractivity contribution in [3.63, 3.8) is 0 Å². The number of carbonyl (C=O) groups is 1. The molecular weight excluding hydrogens is 548 g/mol. The molecule has 4 aliphatic carbocycles. The molecule has 4 aliphatic rings. The van der Waals surface area contributed by atoms with Gasteiger partial charge in [-0.25, -0.2) is 17.9 Å². The maximum atomic E-state index is 12.5. The summed E-state index contributed by atoms with van der Waals surface area (Å²) < 4.78 is 36.2. The summed E-state index contributed by atoms with van der Waals surface area (Å²) in [5.74, 6) is 4.94. The van der Waals surface area contributed by atoms with Gasteiger partial charge in [-0.05, 0) is 91.3 Å². The summed E-state index contributed by atoms with van der Waals surface area (Å²) in [6.45, 7) is 16.7. The van der Waals surface area contributed by atoms with E-state index in [0.717, 1.165) is 60.2 Å². The first kappa shape index (κ1) is 33.5. The number of allylic oxidation sites excluding steroid dienone is 1. The molecular formula is C34H58N2O5S. The molecule has 3 fully saturated rings. The molecule has 8 heteroatoms. The molecule has 240 valence electrons. The third-order valence-electron chi connectivity index (χ3n) is 11.8. The number of nitrogens with one attached hydrogen (secondary N) is 2. The van der Waals surface area contributed by atoms with Crippen molar-refractivity contribution in [2.45, 2.75) is 111 Å². The van der Waals surface area contributed by atoms with E-state index in [9.17, 15) is 13.2 Å². The minimum Gasteiger partial charge on any atom is -0.446 e. The lowest BCUT2D eigenvalue weighted by atomic mass is 9.47. The molecule has 0 aromatic rings. The van der Waals surface area contributed by atoms with Gasteiger partial charge in [0.1, 0.15) is 6.10 Å². The van der Waals surface area contributed by atoms with Gasteiger partial charge in [0.05, 0.1) is 13.2 Å². The van der Waals surface area contributed by atoms with Crippen molar-refractivity contribution in [3.05, 3.63) is 23.6 Å². The van der Waals surface area contributed by atoms with Crippen LogP contribution in [0.15, 0.2) is 23.6 Å². The zero-order valence-electron chi connectivity index (χ0n) is 27.0. The van der Waals surface area contributed by atoms with Gasteiger partial charge in [0, 0.05) is 24.9 Å². The van der Waals surface area contributed by atoms with Crippen LogP contribution in [-0.2, 0) is 19.5 Å². The summed E-state index contributed by atoms with van der Waals surface area (Å²) in [5.41, 5.74) is 2.27. The molecule has 3 saturated carbocycles. The molecule has 0 saturated heterocycles. The molecule has 1 amide bonds. The van der Waals surface area contributed by atoms with E-state index in [2.05, 4.69) is 57.3 Å². The van der Waals surface area contributed by atoms with Gasteiger partial charge in [-0.2, -0.15) is 0 Å². The molecule has 2 N–H and O–H groups in total. The molecule has 0 spiro atoms. The molecule has 0 aliphatic heterocycles. The van der Waals surface area contributed by atoms with Gasteiger partial charge in [0.2, 0.25) is 10.0 Å². The second-order valence-corrected chi connectivity index (χ2v) is 16.4. The number of sulfonamides is 1. The number of hydrogen-bond donors (Lipinski definition) is 2. The van der Waals surface area contributed by atoms with Crippen molar-refractivity contribution in [2.75, 3.05) is 26.3 Å². The maximum Gasteiger partial charge on any atom is 0.407 e. The van der Waals surface area contributed by atoms with E-state index >= 15 is 0 Å². The molecule has 0 unspecified atom stereocenters. The van der Waals surface area contributed by atoms with Gasteiger partial charge in [0.15, 0.2) is 0 Å². The Morgan fingerprint density at radius 2 is 1.83 bits per heavy atom. The predicted octanol–water partition coefficient (Wildman–Crippen LogP) is 7.20. The van der Waals surface area contributed by atoms with Crippen LogP contribution in [0, 0.1) is 46.3 Å². The highest BCUT2D eigenvalue weighted by Gasteiger charge is 2.59. The summed E-state index contributed by atoms with van der Waals surface area (Å²) in [4.78, 5) is 12.5. The third-order valence-corrected chi connectivity index (χ3v) is 12.9. The zero-order valence-corrected chi connectivity index (χ0v) is 27.8. The fourth-order valence-corrected chi connectivity index (χ4v) is 10.1. The van der Waals surface area contributed by atoms with Gasteiger partial charge < -0.3 is 14.8 Å². The lowest BCUT2D eigenvalue weighted by molar-refractivity contribution is -0.0581. The van der Waals surface area contributed by atoms with Crippen LogP contribution >= 0.6 is 0 Å².